The molecule has 0 aliphatic carbocycles. The summed E-state index contributed by atoms with van der Waals surface area (Å²) in [5.74, 6) is 0.356. The Morgan fingerprint density at radius 3 is 2.55 bits per heavy atom. The van der Waals surface area contributed by atoms with E-state index in [2.05, 4.69) is 9.97 Å². The van der Waals surface area contributed by atoms with Crippen molar-refractivity contribution in [2.45, 2.75) is 17.7 Å². The van der Waals surface area contributed by atoms with E-state index in [4.69, 9.17) is 11.6 Å². The first-order valence-corrected chi connectivity index (χ1v) is 11.7. The Labute approximate surface area is 184 Å². The number of amides is 1. The third kappa shape index (κ3) is 4.63. The molecule has 1 N–H and O–H groups in total. The Morgan fingerprint density at radius 2 is 1.81 bits per heavy atom. The van der Waals surface area contributed by atoms with Crippen LogP contribution in [0.4, 0.5) is 0 Å². The highest BCUT2D eigenvalue weighted by molar-refractivity contribution is 7.89. The van der Waals surface area contributed by atoms with Crippen LogP contribution in [0.15, 0.2) is 58.2 Å². The Balaban J connectivity index is 1.36. The van der Waals surface area contributed by atoms with Gasteiger partial charge in [0.25, 0.3) is 5.56 Å². The molecule has 1 aromatic heterocycles. The van der Waals surface area contributed by atoms with Gasteiger partial charge in [-0.05, 0) is 30.3 Å². The summed E-state index contributed by atoms with van der Waals surface area (Å²) >= 11 is 5.92. The molecule has 0 atom stereocenters. The molecule has 4 rings (SSSR count). The third-order valence-corrected chi connectivity index (χ3v) is 7.39. The van der Waals surface area contributed by atoms with Crippen molar-refractivity contribution < 1.29 is 13.2 Å². The van der Waals surface area contributed by atoms with Gasteiger partial charge in [-0.3, -0.25) is 9.59 Å². The minimum Gasteiger partial charge on any atom is -0.340 e. The van der Waals surface area contributed by atoms with Crippen LogP contribution in [-0.2, 0) is 21.2 Å². The van der Waals surface area contributed by atoms with Crippen molar-refractivity contribution in [3.63, 3.8) is 0 Å². The molecule has 0 unspecified atom stereocenters. The zero-order valence-electron chi connectivity index (χ0n) is 16.6. The van der Waals surface area contributed by atoms with Crippen LogP contribution >= 0.6 is 11.6 Å². The first kappa shape index (κ1) is 21.5. The Kier molecular flexibility index (Phi) is 6.08. The molecule has 3 aromatic rings. The monoisotopic (exact) mass is 460 g/mol. The van der Waals surface area contributed by atoms with E-state index in [0.29, 0.717) is 41.3 Å². The summed E-state index contributed by atoms with van der Waals surface area (Å²) < 4.78 is 26.9. The van der Waals surface area contributed by atoms with Gasteiger partial charge in [0.05, 0.1) is 15.8 Å². The van der Waals surface area contributed by atoms with E-state index in [1.54, 1.807) is 41.3 Å². The quantitative estimate of drug-likeness (QED) is 0.627. The second-order valence-electron chi connectivity index (χ2n) is 7.27. The molecule has 2 heterocycles. The molecule has 162 valence electrons. The highest BCUT2D eigenvalue weighted by Crippen LogP contribution is 2.21. The van der Waals surface area contributed by atoms with Gasteiger partial charge >= 0.3 is 0 Å². The lowest BCUT2D eigenvalue weighted by Gasteiger charge is -2.34. The average Bonchev–Trinajstić information content (AvgIpc) is 2.77. The molecule has 31 heavy (non-hydrogen) atoms. The smallest absolute Gasteiger partial charge is 0.258 e. The van der Waals surface area contributed by atoms with Gasteiger partial charge in [0.2, 0.25) is 15.9 Å². The maximum absolute atomic E-state index is 12.8. The van der Waals surface area contributed by atoms with Crippen LogP contribution in [0.2, 0.25) is 5.02 Å². The number of H-pyrrole nitrogens is 1. The van der Waals surface area contributed by atoms with Gasteiger partial charge in [-0.25, -0.2) is 13.4 Å². The predicted molar refractivity (Wildman–Crippen MR) is 117 cm³/mol. The van der Waals surface area contributed by atoms with Crippen LogP contribution in [-0.4, -0.2) is 59.7 Å². The van der Waals surface area contributed by atoms with Gasteiger partial charge < -0.3 is 9.88 Å². The molecule has 10 heteroatoms. The van der Waals surface area contributed by atoms with Crippen LogP contribution < -0.4 is 5.56 Å². The fourth-order valence-electron chi connectivity index (χ4n) is 3.59. The van der Waals surface area contributed by atoms with E-state index in [1.807, 2.05) is 0 Å². The van der Waals surface area contributed by atoms with Crippen molar-refractivity contribution in [1.29, 1.82) is 0 Å². The number of benzene rings is 2. The minimum atomic E-state index is -3.65. The number of hydrogen-bond donors (Lipinski definition) is 1. The maximum atomic E-state index is 12.8. The number of sulfonamides is 1. The molecule has 0 spiro atoms. The standard InChI is InChI=1S/C21H21ClN4O4S/c22-15-4-3-5-16(14-15)31(29,30)26-12-10-25(11-13-26)20(27)9-8-19-23-18-7-2-1-6-17(18)21(28)24-19/h1-7,14H,8-13H2,(H,23,24,28). The van der Waals surface area contributed by atoms with Gasteiger partial charge in [0.15, 0.2) is 0 Å². The predicted octanol–water partition coefficient (Wildman–Crippen LogP) is 2.04. The number of fused-ring (bicyclic) bond motifs is 1. The second kappa shape index (κ2) is 8.78. The van der Waals surface area contributed by atoms with Crippen molar-refractivity contribution in [3.8, 4) is 0 Å². The van der Waals surface area contributed by atoms with E-state index in [-0.39, 0.29) is 35.9 Å². The molecule has 1 fully saturated rings. The van der Waals surface area contributed by atoms with Crippen LogP contribution in [0.3, 0.4) is 0 Å². The highest BCUT2D eigenvalue weighted by Gasteiger charge is 2.30. The summed E-state index contributed by atoms with van der Waals surface area (Å²) in [5, 5.41) is 0.866. The SMILES string of the molecule is O=C(CCc1nc2ccccc2c(=O)[nH]1)N1CCN(S(=O)(=O)c2cccc(Cl)c2)CC1. The zero-order chi connectivity index (χ0) is 22.0. The second-order valence-corrected chi connectivity index (χ2v) is 9.65. The number of carbonyl (C=O) groups is 1. The summed E-state index contributed by atoms with van der Waals surface area (Å²) in [6, 6.07) is 13.2. The number of nitrogens with zero attached hydrogens (tertiary/aromatic N) is 3. The van der Waals surface area contributed by atoms with Gasteiger partial charge in [-0.2, -0.15) is 4.31 Å². The summed E-state index contributed by atoms with van der Waals surface area (Å²) in [5.41, 5.74) is 0.362. The summed E-state index contributed by atoms with van der Waals surface area (Å²) in [6.45, 7) is 1.04. The molecule has 0 saturated carbocycles. The van der Waals surface area contributed by atoms with Gasteiger partial charge in [0.1, 0.15) is 5.82 Å². The maximum Gasteiger partial charge on any atom is 0.258 e. The highest BCUT2D eigenvalue weighted by atomic mass is 35.5. The van der Waals surface area contributed by atoms with Crippen molar-refractivity contribution in [2.24, 2.45) is 0 Å². The Morgan fingerprint density at radius 1 is 1.06 bits per heavy atom. The molecule has 1 saturated heterocycles. The van der Waals surface area contributed by atoms with Gasteiger partial charge in [-0.1, -0.05) is 29.8 Å². The number of piperazine rings is 1. The lowest BCUT2D eigenvalue weighted by atomic mass is 10.2. The zero-order valence-corrected chi connectivity index (χ0v) is 18.2. The Hall–Kier alpha value is -2.75. The van der Waals surface area contributed by atoms with Crippen molar-refractivity contribution in [2.75, 3.05) is 26.2 Å². The largest absolute Gasteiger partial charge is 0.340 e. The summed E-state index contributed by atoms with van der Waals surface area (Å²) in [4.78, 5) is 33.7. The number of para-hydroxylation sites is 1. The molecule has 8 nitrogen and oxygen atoms in total. The van der Waals surface area contributed by atoms with E-state index >= 15 is 0 Å². The molecule has 1 amide bonds. The fraction of sp³-hybridized carbons (Fsp3) is 0.286. The molecule has 2 aromatic carbocycles. The molecule has 1 aliphatic heterocycles. The lowest BCUT2D eigenvalue weighted by molar-refractivity contribution is -0.132. The number of halogens is 1. The molecule has 0 bridgehead atoms. The number of rotatable bonds is 5. The van der Waals surface area contributed by atoms with Crippen LogP contribution in [0.5, 0.6) is 0 Å². The number of hydrogen-bond acceptors (Lipinski definition) is 5. The van der Waals surface area contributed by atoms with Gasteiger partial charge in [0, 0.05) is 44.0 Å². The molecular formula is C21H21ClN4O4S. The van der Waals surface area contributed by atoms with E-state index < -0.39 is 10.0 Å². The van der Waals surface area contributed by atoms with Gasteiger partial charge in [-0.15, -0.1) is 0 Å². The normalized spacial score (nSPS) is 15.3. The molecular weight excluding hydrogens is 440 g/mol. The first-order valence-electron chi connectivity index (χ1n) is 9.86. The van der Waals surface area contributed by atoms with E-state index in [9.17, 15) is 18.0 Å². The number of carbonyl (C=O) groups excluding carboxylic acids is 1. The van der Waals surface area contributed by atoms with Crippen LogP contribution in [0.25, 0.3) is 10.9 Å². The van der Waals surface area contributed by atoms with Crippen LogP contribution in [0.1, 0.15) is 12.2 Å². The minimum absolute atomic E-state index is 0.101. The van der Waals surface area contributed by atoms with Crippen molar-refractivity contribution >= 4 is 38.4 Å². The summed E-state index contributed by atoms with van der Waals surface area (Å²) in [6.07, 6.45) is 0.488. The Bertz CT molecular complexity index is 1280. The van der Waals surface area contributed by atoms with Crippen molar-refractivity contribution in [1.82, 2.24) is 19.2 Å². The lowest BCUT2D eigenvalue weighted by Crippen LogP contribution is -2.50. The van der Waals surface area contributed by atoms with E-state index in [0.717, 1.165) is 0 Å². The number of aromatic nitrogens is 2. The first-order chi connectivity index (χ1) is 14.8. The topological polar surface area (TPSA) is 103 Å². The third-order valence-electron chi connectivity index (χ3n) is 5.26. The summed E-state index contributed by atoms with van der Waals surface area (Å²) in [7, 11) is -3.65. The molecule has 1 aliphatic rings. The molecule has 0 radical (unpaired) electrons. The van der Waals surface area contributed by atoms with Crippen LogP contribution in [0, 0.1) is 0 Å². The number of aryl methyl sites for hydroxylation is 1. The average molecular weight is 461 g/mol. The van der Waals surface area contributed by atoms with Crippen molar-refractivity contribution in [3.05, 3.63) is 69.7 Å². The number of nitrogens with one attached hydrogen (secondary N) is 1. The number of aromatic amines is 1. The van der Waals surface area contributed by atoms with E-state index in [1.165, 1.54) is 16.4 Å². The fourth-order valence-corrected chi connectivity index (χ4v) is 5.31.